The van der Waals surface area contributed by atoms with Gasteiger partial charge in [0.2, 0.25) is 5.88 Å². The maximum atomic E-state index is 4.97. The van der Waals surface area contributed by atoms with E-state index in [0.717, 1.165) is 22.9 Å². The van der Waals surface area contributed by atoms with Crippen molar-refractivity contribution in [2.75, 3.05) is 14.2 Å². The number of aryl methyl sites for hydroxylation is 1. The second-order valence-corrected chi connectivity index (χ2v) is 4.60. The van der Waals surface area contributed by atoms with Gasteiger partial charge in [-0.25, -0.2) is 4.98 Å². The molecule has 5 nitrogen and oxygen atoms in total. The Morgan fingerprint density at radius 3 is 2.76 bits per heavy atom. The summed E-state index contributed by atoms with van der Waals surface area (Å²) in [5, 5.41) is 12.0. The first-order chi connectivity index (χ1) is 8.24. The van der Waals surface area contributed by atoms with Crippen molar-refractivity contribution in [3.63, 3.8) is 0 Å². The summed E-state index contributed by atoms with van der Waals surface area (Å²) < 4.78 is 4.97. The Balaban J connectivity index is 2.29. The number of ether oxygens (including phenoxy) is 1. The van der Waals surface area contributed by atoms with E-state index in [9.17, 15) is 0 Å². The number of methoxy groups -OCH3 is 1. The molecule has 2 rings (SSSR count). The summed E-state index contributed by atoms with van der Waals surface area (Å²) in [7, 11) is 3.49. The van der Waals surface area contributed by atoms with Crippen molar-refractivity contribution < 1.29 is 4.74 Å². The van der Waals surface area contributed by atoms with Crippen LogP contribution in [0.25, 0.3) is 10.7 Å². The molecule has 0 radical (unpaired) electrons. The maximum absolute atomic E-state index is 4.97. The van der Waals surface area contributed by atoms with Crippen LogP contribution in [0, 0.1) is 6.92 Å². The molecular weight excluding hydrogens is 236 g/mol. The molecule has 0 bridgehead atoms. The lowest BCUT2D eigenvalue weighted by molar-refractivity contribution is 0.392. The van der Waals surface area contributed by atoms with Crippen molar-refractivity contribution in [2.24, 2.45) is 0 Å². The van der Waals surface area contributed by atoms with Gasteiger partial charge in [0.05, 0.1) is 12.8 Å². The maximum Gasteiger partial charge on any atom is 0.233 e. The third-order valence-corrected chi connectivity index (χ3v) is 3.48. The molecule has 0 spiro atoms. The molecule has 0 saturated heterocycles. The average Bonchev–Trinajstić information content (AvgIpc) is 2.72. The number of rotatable bonds is 4. The van der Waals surface area contributed by atoms with Crippen molar-refractivity contribution in [2.45, 2.75) is 13.5 Å². The number of thiazole rings is 1. The minimum Gasteiger partial charge on any atom is -0.480 e. The Morgan fingerprint density at radius 1 is 1.35 bits per heavy atom. The van der Waals surface area contributed by atoms with Gasteiger partial charge in [0.25, 0.3) is 0 Å². The molecule has 17 heavy (non-hydrogen) atoms. The normalized spacial score (nSPS) is 10.5. The van der Waals surface area contributed by atoms with Gasteiger partial charge in [-0.3, -0.25) is 0 Å². The highest BCUT2D eigenvalue weighted by molar-refractivity contribution is 7.15. The number of nitrogens with one attached hydrogen (secondary N) is 1. The molecule has 90 valence electrons. The number of aromatic nitrogens is 3. The third-order valence-electron chi connectivity index (χ3n) is 2.30. The van der Waals surface area contributed by atoms with E-state index in [-0.39, 0.29) is 0 Å². The van der Waals surface area contributed by atoms with Gasteiger partial charge in [0, 0.05) is 17.5 Å². The van der Waals surface area contributed by atoms with Crippen molar-refractivity contribution in [1.29, 1.82) is 0 Å². The summed E-state index contributed by atoms with van der Waals surface area (Å²) in [5.41, 5.74) is 1.82. The molecule has 6 heteroatoms. The van der Waals surface area contributed by atoms with Gasteiger partial charge in [-0.05, 0) is 20.0 Å². The lowest BCUT2D eigenvalue weighted by atomic mass is 10.4. The second-order valence-electron chi connectivity index (χ2n) is 3.52. The van der Waals surface area contributed by atoms with E-state index in [0.29, 0.717) is 5.88 Å². The molecule has 0 saturated carbocycles. The summed E-state index contributed by atoms with van der Waals surface area (Å²) in [6.45, 7) is 2.83. The molecule has 0 amide bonds. The Kier molecular flexibility index (Phi) is 3.65. The predicted molar refractivity (Wildman–Crippen MR) is 67.2 cm³/mol. The fourth-order valence-electron chi connectivity index (χ4n) is 1.41. The zero-order chi connectivity index (χ0) is 12.3. The Hall–Kier alpha value is -1.53. The highest BCUT2D eigenvalue weighted by Crippen LogP contribution is 2.26. The van der Waals surface area contributed by atoms with Gasteiger partial charge >= 0.3 is 0 Å². The summed E-state index contributed by atoms with van der Waals surface area (Å²) in [5.74, 6) is 0.512. The van der Waals surface area contributed by atoms with E-state index in [1.165, 1.54) is 4.88 Å². The van der Waals surface area contributed by atoms with Crippen LogP contribution in [0.15, 0.2) is 12.1 Å². The average molecular weight is 250 g/mol. The molecule has 0 aliphatic heterocycles. The summed E-state index contributed by atoms with van der Waals surface area (Å²) in [6.07, 6.45) is 0. The van der Waals surface area contributed by atoms with Gasteiger partial charge in [0.1, 0.15) is 10.7 Å². The number of hydrogen-bond acceptors (Lipinski definition) is 6. The third kappa shape index (κ3) is 2.59. The van der Waals surface area contributed by atoms with Gasteiger partial charge in [0.15, 0.2) is 0 Å². The molecule has 2 heterocycles. The summed E-state index contributed by atoms with van der Waals surface area (Å²) in [4.78, 5) is 5.71. The highest BCUT2D eigenvalue weighted by atomic mass is 32.1. The van der Waals surface area contributed by atoms with Crippen LogP contribution in [-0.4, -0.2) is 29.3 Å². The number of nitrogens with zero attached hydrogens (tertiary/aromatic N) is 3. The van der Waals surface area contributed by atoms with Crippen LogP contribution in [0.4, 0.5) is 0 Å². The first-order valence-corrected chi connectivity index (χ1v) is 6.05. The first kappa shape index (κ1) is 11.9. The fraction of sp³-hybridized carbons (Fsp3) is 0.364. The smallest absolute Gasteiger partial charge is 0.233 e. The highest BCUT2D eigenvalue weighted by Gasteiger charge is 2.10. The second kappa shape index (κ2) is 5.20. The Labute approximate surface area is 104 Å². The van der Waals surface area contributed by atoms with Crippen LogP contribution in [0.1, 0.15) is 10.6 Å². The lowest BCUT2D eigenvalue weighted by Crippen LogP contribution is -2.04. The minimum absolute atomic E-state index is 0.512. The van der Waals surface area contributed by atoms with E-state index in [1.807, 2.05) is 20.0 Å². The van der Waals surface area contributed by atoms with Crippen molar-refractivity contribution in [1.82, 2.24) is 20.5 Å². The van der Waals surface area contributed by atoms with Crippen molar-refractivity contribution in [3.05, 3.63) is 22.7 Å². The van der Waals surface area contributed by atoms with Crippen molar-refractivity contribution >= 4 is 11.3 Å². The Bertz CT molecular complexity index is 495. The number of hydrogen-bond donors (Lipinski definition) is 1. The van der Waals surface area contributed by atoms with Crippen LogP contribution in [-0.2, 0) is 6.54 Å². The zero-order valence-electron chi connectivity index (χ0n) is 10.0. The molecule has 1 N–H and O–H groups in total. The first-order valence-electron chi connectivity index (χ1n) is 5.23. The van der Waals surface area contributed by atoms with Crippen LogP contribution in [0.3, 0.4) is 0 Å². The quantitative estimate of drug-likeness (QED) is 0.893. The van der Waals surface area contributed by atoms with E-state index in [2.05, 4.69) is 20.5 Å². The van der Waals surface area contributed by atoms with E-state index in [1.54, 1.807) is 24.5 Å². The molecule has 0 aliphatic carbocycles. The van der Waals surface area contributed by atoms with Crippen LogP contribution >= 0.6 is 11.3 Å². The standard InChI is InChI=1S/C11H14N4OS/c1-7-9(6-12-2)17-11(13-7)8-4-5-10(16-3)15-14-8/h4-5,12H,6H2,1-3H3. The molecule has 0 unspecified atom stereocenters. The van der Waals surface area contributed by atoms with E-state index >= 15 is 0 Å². The monoisotopic (exact) mass is 250 g/mol. The van der Waals surface area contributed by atoms with E-state index < -0.39 is 0 Å². The molecule has 2 aromatic heterocycles. The van der Waals surface area contributed by atoms with Crippen LogP contribution in [0.5, 0.6) is 5.88 Å². The van der Waals surface area contributed by atoms with Crippen LogP contribution < -0.4 is 10.1 Å². The van der Waals surface area contributed by atoms with Crippen LogP contribution in [0.2, 0.25) is 0 Å². The van der Waals surface area contributed by atoms with Gasteiger partial charge in [-0.1, -0.05) is 0 Å². The molecule has 0 aliphatic rings. The SMILES string of the molecule is CNCc1sc(-c2ccc(OC)nn2)nc1C. The lowest BCUT2D eigenvalue weighted by Gasteiger charge is -1.97. The molecule has 2 aromatic rings. The van der Waals surface area contributed by atoms with Crippen molar-refractivity contribution in [3.8, 4) is 16.6 Å². The summed E-state index contributed by atoms with van der Waals surface area (Å²) >= 11 is 1.63. The molecular formula is C11H14N4OS. The van der Waals surface area contributed by atoms with Gasteiger partial charge < -0.3 is 10.1 Å². The fourth-order valence-corrected chi connectivity index (χ4v) is 2.44. The summed E-state index contributed by atoms with van der Waals surface area (Å²) in [6, 6.07) is 3.66. The molecule has 0 atom stereocenters. The Morgan fingerprint density at radius 2 is 2.18 bits per heavy atom. The largest absolute Gasteiger partial charge is 0.480 e. The molecule has 0 aromatic carbocycles. The van der Waals surface area contributed by atoms with Gasteiger partial charge in [-0.2, -0.15) is 0 Å². The molecule has 0 fully saturated rings. The van der Waals surface area contributed by atoms with Gasteiger partial charge in [-0.15, -0.1) is 21.5 Å². The minimum atomic E-state index is 0.512. The zero-order valence-corrected chi connectivity index (χ0v) is 10.8. The van der Waals surface area contributed by atoms with E-state index in [4.69, 9.17) is 4.74 Å². The predicted octanol–water partition coefficient (Wildman–Crippen LogP) is 1.64. The topological polar surface area (TPSA) is 59.9 Å².